The smallest absolute Gasteiger partial charge is 0.269 e. The second kappa shape index (κ2) is 5.45. The highest BCUT2D eigenvalue weighted by Gasteiger charge is 2.11. The van der Waals surface area contributed by atoms with Crippen molar-refractivity contribution in [2.45, 2.75) is 13.5 Å². The second-order valence-corrected chi connectivity index (χ2v) is 3.93. The zero-order chi connectivity index (χ0) is 13.8. The van der Waals surface area contributed by atoms with Crippen molar-refractivity contribution in [1.29, 1.82) is 0 Å². The number of aromatic nitrogens is 1. The van der Waals surface area contributed by atoms with Gasteiger partial charge in [0.05, 0.1) is 11.5 Å². The van der Waals surface area contributed by atoms with Crippen molar-refractivity contribution >= 4 is 5.69 Å². The fourth-order valence-corrected chi connectivity index (χ4v) is 1.60. The molecular formula is C13H12N2O4. The molecule has 2 aromatic rings. The Morgan fingerprint density at radius 1 is 1.42 bits per heavy atom. The van der Waals surface area contributed by atoms with Crippen molar-refractivity contribution in [3.63, 3.8) is 0 Å². The summed E-state index contributed by atoms with van der Waals surface area (Å²) in [6, 6.07) is 7.70. The predicted octanol–water partition coefficient (Wildman–Crippen LogP) is 2.58. The Balaban J connectivity index is 2.31. The molecule has 98 valence electrons. The van der Waals surface area contributed by atoms with Crippen LogP contribution in [0.25, 0.3) is 0 Å². The van der Waals surface area contributed by atoms with Crippen LogP contribution in [0.2, 0.25) is 0 Å². The molecule has 0 radical (unpaired) electrons. The number of rotatable bonds is 4. The lowest BCUT2D eigenvalue weighted by atomic mass is 10.2. The van der Waals surface area contributed by atoms with Gasteiger partial charge in [0, 0.05) is 23.9 Å². The van der Waals surface area contributed by atoms with Crippen molar-refractivity contribution in [3.05, 3.63) is 57.8 Å². The molecule has 0 bridgehead atoms. The first-order chi connectivity index (χ1) is 9.11. The number of pyridine rings is 1. The SMILES string of the molecule is Cc1cc([N+](=O)[O-])ccc1Oc1ncccc1CO. The normalized spacial score (nSPS) is 10.2. The van der Waals surface area contributed by atoms with Crippen LogP contribution in [0.5, 0.6) is 11.6 Å². The largest absolute Gasteiger partial charge is 0.438 e. The van der Waals surface area contributed by atoms with Crippen LogP contribution in [0.3, 0.4) is 0 Å². The van der Waals surface area contributed by atoms with E-state index in [0.717, 1.165) is 0 Å². The first-order valence-electron chi connectivity index (χ1n) is 5.59. The van der Waals surface area contributed by atoms with Gasteiger partial charge in [-0.2, -0.15) is 0 Å². The second-order valence-electron chi connectivity index (χ2n) is 3.93. The monoisotopic (exact) mass is 260 g/mol. The molecule has 1 aromatic carbocycles. The third-order valence-electron chi connectivity index (χ3n) is 2.60. The minimum Gasteiger partial charge on any atom is -0.438 e. The summed E-state index contributed by atoms with van der Waals surface area (Å²) in [4.78, 5) is 14.2. The van der Waals surface area contributed by atoms with Gasteiger partial charge >= 0.3 is 0 Å². The van der Waals surface area contributed by atoms with E-state index in [9.17, 15) is 15.2 Å². The summed E-state index contributed by atoms with van der Waals surface area (Å²) < 4.78 is 5.57. The average Bonchev–Trinajstić information content (AvgIpc) is 2.41. The number of aryl methyl sites for hydroxylation is 1. The number of hydrogen-bond donors (Lipinski definition) is 1. The number of non-ortho nitro benzene ring substituents is 1. The van der Waals surface area contributed by atoms with E-state index in [-0.39, 0.29) is 12.3 Å². The van der Waals surface area contributed by atoms with E-state index in [4.69, 9.17) is 4.74 Å². The Morgan fingerprint density at radius 3 is 2.84 bits per heavy atom. The molecule has 1 aromatic heterocycles. The van der Waals surface area contributed by atoms with Crippen molar-refractivity contribution in [2.75, 3.05) is 0 Å². The molecule has 0 aliphatic carbocycles. The summed E-state index contributed by atoms with van der Waals surface area (Å²) in [6.45, 7) is 1.53. The Bertz CT molecular complexity index is 613. The van der Waals surface area contributed by atoms with E-state index in [2.05, 4.69) is 4.98 Å². The number of nitrogens with zero attached hydrogens (tertiary/aromatic N) is 2. The van der Waals surface area contributed by atoms with Gasteiger partial charge in [-0.05, 0) is 30.7 Å². The minimum absolute atomic E-state index is 0.00764. The molecule has 0 saturated carbocycles. The highest BCUT2D eigenvalue weighted by Crippen LogP contribution is 2.28. The maximum atomic E-state index is 10.6. The van der Waals surface area contributed by atoms with E-state index in [0.29, 0.717) is 22.8 Å². The molecule has 0 amide bonds. The number of hydrogen-bond acceptors (Lipinski definition) is 5. The third kappa shape index (κ3) is 2.86. The van der Waals surface area contributed by atoms with Crippen LogP contribution in [0.4, 0.5) is 5.69 Å². The number of aliphatic hydroxyl groups is 1. The third-order valence-corrected chi connectivity index (χ3v) is 2.60. The lowest BCUT2D eigenvalue weighted by Gasteiger charge is -2.10. The molecule has 0 unspecified atom stereocenters. The van der Waals surface area contributed by atoms with Crippen molar-refractivity contribution < 1.29 is 14.8 Å². The number of nitro groups is 1. The highest BCUT2D eigenvalue weighted by atomic mass is 16.6. The van der Waals surface area contributed by atoms with E-state index in [1.54, 1.807) is 25.3 Å². The van der Waals surface area contributed by atoms with Gasteiger partial charge in [0.15, 0.2) is 0 Å². The molecule has 19 heavy (non-hydrogen) atoms. The molecule has 0 atom stereocenters. The van der Waals surface area contributed by atoms with Gasteiger partial charge in [0.1, 0.15) is 5.75 Å². The van der Waals surface area contributed by atoms with Crippen molar-refractivity contribution in [2.24, 2.45) is 0 Å². The van der Waals surface area contributed by atoms with Gasteiger partial charge in [-0.3, -0.25) is 10.1 Å². The quantitative estimate of drug-likeness (QED) is 0.674. The van der Waals surface area contributed by atoms with E-state index in [1.165, 1.54) is 18.2 Å². The molecule has 0 aliphatic heterocycles. The standard InChI is InChI=1S/C13H12N2O4/c1-9-7-11(15(17)18)4-5-12(9)19-13-10(8-16)3-2-6-14-13/h2-7,16H,8H2,1H3. The summed E-state index contributed by atoms with van der Waals surface area (Å²) >= 11 is 0. The molecule has 2 rings (SSSR count). The fraction of sp³-hybridized carbons (Fsp3) is 0.154. The summed E-state index contributed by atoms with van der Waals surface area (Å²) in [5.74, 6) is 0.765. The Hall–Kier alpha value is -2.47. The van der Waals surface area contributed by atoms with Gasteiger partial charge in [0.2, 0.25) is 5.88 Å². The maximum Gasteiger partial charge on any atom is 0.269 e. The Kier molecular flexibility index (Phi) is 3.72. The van der Waals surface area contributed by atoms with E-state index in [1.807, 2.05) is 0 Å². The summed E-state index contributed by atoms with van der Waals surface area (Å²) in [5.41, 5.74) is 1.19. The van der Waals surface area contributed by atoms with Crippen LogP contribution < -0.4 is 4.74 Å². The molecule has 1 heterocycles. The van der Waals surface area contributed by atoms with Gasteiger partial charge in [-0.1, -0.05) is 0 Å². The molecule has 0 fully saturated rings. The van der Waals surface area contributed by atoms with Gasteiger partial charge in [0.25, 0.3) is 5.69 Å². The van der Waals surface area contributed by atoms with Crippen molar-refractivity contribution in [3.8, 4) is 11.6 Å². The number of benzene rings is 1. The molecule has 0 spiro atoms. The van der Waals surface area contributed by atoms with E-state index >= 15 is 0 Å². The molecule has 0 aliphatic rings. The van der Waals surface area contributed by atoms with Crippen LogP contribution in [-0.2, 0) is 6.61 Å². The highest BCUT2D eigenvalue weighted by molar-refractivity contribution is 5.44. The average molecular weight is 260 g/mol. The van der Waals surface area contributed by atoms with Crippen LogP contribution in [0.1, 0.15) is 11.1 Å². The van der Waals surface area contributed by atoms with Crippen molar-refractivity contribution in [1.82, 2.24) is 4.98 Å². The first-order valence-corrected chi connectivity index (χ1v) is 5.59. The van der Waals surface area contributed by atoms with Gasteiger partial charge in [-0.15, -0.1) is 0 Å². The number of nitro benzene ring substituents is 1. The molecular weight excluding hydrogens is 248 g/mol. The lowest BCUT2D eigenvalue weighted by molar-refractivity contribution is -0.384. The zero-order valence-corrected chi connectivity index (χ0v) is 10.2. The number of ether oxygens (including phenoxy) is 1. The molecule has 0 saturated heterocycles. The lowest BCUT2D eigenvalue weighted by Crippen LogP contribution is -1.96. The summed E-state index contributed by atoms with van der Waals surface area (Å²) in [7, 11) is 0. The predicted molar refractivity (Wildman–Crippen MR) is 68.1 cm³/mol. The topological polar surface area (TPSA) is 85.5 Å². The van der Waals surface area contributed by atoms with Crippen LogP contribution >= 0.6 is 0 Å². The van der Waals surface area contributed by atoms with Crippen LogP contribution in [0.15, 0.2) is 36.5 Å². The fourth-order valence-electron chi connectivity index (χ4n) is 1.60. The maximum absolute atomic E-state index is 10.6. The summed E-state index contributed by atoms with van der Waals surface area (Å²) in [5, 5.41) is 19.8. The zero-order valence-electron chi connectivity index (χ0n) is 10.2. The minimum atomic E-state index is -0.462. The molecule has 6 nitrogen and oxygen atoms in total. The Morgan fingerprint density at radius 2 is 2.21 bits per heavy atom. The molecule has 1 N–H and O–H groups in total. The van der Waals surface area contributed by atoms with Crippen LogP contribution in [-0.4, -0.2) is 15.0 Å². The van der Waals surface area contributed by atoms with Gasteiger partial charge in [-0.25, -0.2) is 4.98 Å². The van der Waals surface area contributed by atoms with E-state index < -0.39 is 4.92 Å². The number of aliphatic hydroxyl groups excluding tert-OH is 1. The van der Waals surface area contributed by atoms with Gasteiger partial charge < -0.3 is 9.84 Å². The van der Waals surface area contributed by atoms with Crippen LogP contribution in [0, 0.1) is 17.0 Å². The Labute approximate surface area is 109 Å². The first kappa shape index (κ1) is 13.0. The summed E-state index contributed by atoms with van der Waals surface area (Å²) in [6.07, 6.45) is 1.55. The molecule has 6 heteroatoms.